The highest BCUT2D eigenvalue weighted by molar-refractivity contribution is 7.15. The maximum atomic E-state index is 5.91. The Kier molecular flexibility index (Phi) is 3.06. The Hall–Kier alpha value is -0.650. The van der Waals surface area contributed by atoms with Gasteiger partial charge in [0.05, 0.1) is 18.4 Å². The molecule has 0 saturated carbocycles. The number of nitrogens with zero attached hydrogens (tertiary/aromatic N) is 2. The summed E-state index contributed by atoms with van der Waals surface area (Å²) in [4.78, 5) is 8.36. The summed E-state index contributed by atoms with van der Waals surface area (Å²) in [5.41, 5.74) is 6.97. The van der Waals surface area contributed by atoms with Crippen molar-refractivity contribution in [3.63, 3.8) is 0 Å². The number of aromatic nitrogens is 1. The lowest BCUT2D eigenvalue weighted by Gasteiger charge is -2.43. The van der Waals surface area contributed by atoms with Crippen LogP contribution in [0.3, 0.4) is 0 Å². The summed E-state index contributed by atoms with van der Waals surface area (Å²) >= 11 is 1.65. The van der Waals surface area contributed by atoms with Gasteiger partial charge in [0.2, 0.25) is 0 Å². The van der Waals surface area contributed by atoms with E-state index in [1.54, 1.807) is 11.3 Å². The Bertz CT molecular complexity index is 404. The molecule has 3 rings (SSSR count). The molecule has 1 aromatic heterocycles. The third-order valence-corrected chi connectivity index (χ3v) is 4.65. The molecule has 2 heterocycles. The quantitative estimate of drug-likeness (QED) is 0.863. The van der Waals surface area contributed by atoms with Gasteiger partial charge in [-0.15, -0.1) is 11.3 Å². The van der Waals surface area contributed by atoms with Gasteiger partial charge in [-0.1, -0.05) is 6.92 Å². The van der Waals surface area contributed by atoms with Crippen molar-refractivity contribution in [1.82, 2.24) is 9.88 Å². The third-order valence-electron chi connectivity index (χ3n) is 3.70. The van der Waals surface area contributed by atoms with Crippen molar-refractivity contribution in [1.29, 1.82) is 0 Å². The minimum atomic E-state index is 0.323. The molecule has 1 saturated heterocycles. The fraction of sp³-hybridized carbons (Fsp3) is 0.750. The van der Waals surface area contributed by atoms with Crippen molar-refractivity contribution in [2.45, 2.75) is 38.3 Å². The molecule has 0 unspecified atom stereocenters. The van der Waals surface area contributed by atoms with Crippen LogP contribution in [-0.4, -0.2) is 41.7 Å². The van der Waals surface area contributed by atoms with Gasteiger partial charge in [-0.05, 0) is 13.0 Å². The van der Waals surface area contributed by atoms with Crippen LogP contribution < -0.4 is 5.73 Å². The third kappa shape index (κ3) is 2.07. The summed E-state index contributed by atoms with van der Waals surface area (Å²) < 4.78 is 5.91. The molecule has 5 heteroatoms. The van der Waals surface area contributed by atoms with Crippen LogP contribution in [0.4, 0.5) is 5.13 Å². The lowest BCUT2D eigenvalue weighted by atomic mass is 9.92. The number of ether oxygens (including phenoxy) is 1. The minimum Gasteiger partial charge on any atom is -0.375 e. The summed E-state index contributed by atoms with van der Waals surface area (Å²) in [5.74, 6) is 0. The zero-order valence-electron chi connectivity index (χ0n) is 10.2. The lowest BCUT2D eigenvalue weighted by Crippen LogP contribution is -2.54. The minimum absolute atomic E-state index is 0.323. The number of rotatable bonds is 2. The molecule has 4 nitrogen and oxygen atoms in total. The molecule has 0 spiro atoms. The number of morpholine rings is 1. The first-order chi connectivity index (χ1) is 8.28. The second-order valence-corrected chi connectivity index (χ2v) is 5.96. The van der Waals surface area contributed by atoms with Gasteiger partial charge in [-0.25, -0.2) is 4.98 Å². The first-order valence-electron chi connectivity index (χ1n) is 6.37. The SMILES string of the molecule is CCCN1CCO[C@@H]2Cc3nc(N)sc3C[C@H]21. The van der Waals surface area contributed by atoms with E-state index in [0.29, 0.717) is 17.3 Å². The molecule has 94 valence electrons. The Morgan fingerprint density at radius 1 is 1.53 bits per heavy atom. The predicted octanol–water partition coefficient (Wildman–Crippen LogP) is 1.30. The Balaban J connectivity index is 1.83. The summed E-state index contributed by atoms with van der Waals surface area (Å²) in [5, 5.41) is 0.704. The van der Waals surface area contributed by atoms with Gasteiger partial charge in [0.1, 0.15) is 0 Å². The topological polar surface area (TPSA) is 51.4 Å². The normalized spacial score (nSPS) is 28.8. The molecule has 1 aliphatic heterocycles. The first-order valence-corrected chi connectivity index (χ1v) is 7.19. The lowest BCUT2D eigenvalue weighted by molar-refractivity contribution is -0.0739. The van der Waals surface area contributed by atoms with Crippen molar-refractivity contribution < 1.29 is 4.74 Å². The Morgan fingerprint density at radius 2 is 2.41 bits per heavy atom. The van der Waals surface area contributed by atoms with Gasteiger partial charge >= 0.3 is 0 Å². The summed E-state index contributed by atoms with van der Waals surface area (Å²) in [6, 6.07) is 0.538. The van der Waals surface area contributed by atoms with E-state index in [-0.39, 0.29) is 0 Å². The number of thiazole rings is 1. The van der Waals surface area contributed by atoms with Crippen molar-refractivity contribution in [2.75, 3.05) is 25.4 Å². The van der Waals surface area contributed by atoms with Crippen molar-refractivity contribution in [2.24, 2.45) is 0 Å². The highest BCUT2D eigenvalue weighted by atomic mass is 32.1. The van der Waals surface area contributed by atoms with Gasteiger partial charge in [0.15, 0.2) is 5.13 Å². The van der Waals surface area contributed by atoms with E-state index >= 15 is 0 Å². The summed E-state index contributed by atoms with van der Waals surface area (Å²) in [6.07, 6.45) is 3.54. The standard InChI is InChI=1S/C12H19N3OS/c1-2-3-15-4-5-16-10-6-8-11(7-9(10)15)17-12(13)14-8/h9-10H,2-7H2,1H3,(H2,13,14)/t9-,10-/m1/s1. The van der Waals surface area contributed by atoms with Crippen LogP contribution in [0, 0.1) is 0 Å². The molecule has 2 N–H and O–H groups in total. The number of anilines is 1. The van der Waals surface area contributed by atoms with Crippen LogP contribution in [0.2, 0.25) is 0 Å². The van der Waals surface area contributed by atoms with E-state index in [1.807, 2.05) is 0 Å². The molecule has 17 heavy (non-hydrogen) atoms. The predicted molar refractivity (Wildman–Crippen MR) is 69.3 cm³/mol. The number of hydrogen-bond acceptors (Lipinski definition) is 5. The van der Waals surface area contributed by atoms with Gasteiger partial charge in [-0.3, -0.25) is 4.90 Å². The zero-order chi connectivity index (χ0) is 11.8. The molecule has 1 aliphatic carbocycles. The van der Waals surface area contributed by atoms with Crippen LogP contribution in [0.15, 0.2) is 0 Å². The second-order valence-electron chi connectivity index (χ2n) is 4.84. The fourth-order valence-corrected chi connectivity index (χ4v) is 3.87. The molecule has 2 atom stereocenters. The van der Waals surface area contributed by atoms with Gasteiger partial charge < -0.3 is 10.5 Å². The zero-order valence-corrected chi connectivity index (χ0v) is 11.0. The van der Waals surface area contributed by atoms with E-state index in [4.69, 9.17) is 10.5 Å². The summed E-state index contributed by atoms with van der Waals surface area (Å²) in [7, 11) is 0. The van der Waals surface area contributed by atoms with Crippen LogP contribution in [0.25, 0.3) is 0 Å². The van der Waals surface area contributed by atoms with E-state index in [9.17, 15) is 0 Å². The maximum absolute atomic E-state index is 5.91. The van der Waals surface area contributed by atoms with E-state index < -0.39 is 0 Å². The van der Waals surface area contributed by atoms with Crippen LogP contribution in [0.5, 0.6) is 0 Å². The first kappa shape index (κ1) is 11.4. The van der Waals surface area contributed by atoms with Crippen LogP contribution in [-0.2, 0) is 17.6 Å². The van der Waals surface area contributed by atoms with E-state index in [1.165, 1.54) is 23.5 Å². The highest BCUT2D eigenvalue weighted by Crippen LogP contribution is 2.33. The molecular formula is C12H19N3OS. The highest BCUT2D eigenvalue weighted by Gasteiger charge is 2.37. The number of hydrogen-bond donors (Lipinski definition) is 1. The van der Waals surface area contributed by atoms with Gasteiger partial charge in [0.25, 0.3) is 0 Å². The molecular weight excluding hydrogens is 234 g/mol. The molecule has 1 aromatic rings. The van der Waals surface area contributed by atoms with Gasteiger partial charge in [-0.2, -0.15) is 0 Å². The molecule has 1 fully saturated rings. The van der Waals surface area contributed by atoms with E-state index in [2.05, 4.69) is 16.8 Å². The summed E-state index contributed by atoms with van der Waals surface area (Å²) in [6.45, 7) is 5.34. The molecule has 2 aliphatic rings. The van der Waals surface area contributed by atoms with Crippen molar-refractivity contribution >= 4 is 16.5 Å². The number of nitrogen functional groups attached to an aromatic ring is 1. The average Bonchev–Trinajstić information content (AvgIpc) is 2.66. The average molecular weight is 253 g/mol. The van der Waals surface area contributed by atoms with Crippen molar-refractivity contribution in [3.8, 4) is 0 Å². The van der Waals surface area contributed by atoms with Crippen LogP contribution >= 0.6 is 11.3 Å². The van der Waals surface area contributed by atoms with Gasteiger partial charge in [0, 0.05) is 30.3 Å². The fourth-order valence-electron chi connectivity index (χ4n) is 2.96. The number of fused-ring (bicyclic) bond motifs is 2. The van der Waals surface area contributed by atoms with E-state index in [0.717, 1.165) is 26.0 Å². The smallest absolute Gasteiger partial charge is 0.180 e. The van der Waals surface area contributed by atoms with Crippen molar-refractivity contribution in [3.05, 3.63) is 10.6 Å². The Morgan fingerprint density at radius 3 is 3.24 bits per heavy atom. The molecule has 0 aromatic carbocycles. The number of nitrogens with two attached hydrogens (primary N) is 1. The largest absolute Gasteiger partial charge is 0.375 e. The monoisotopic (exact) mass is 253 g/mol. The second kappa shape index (κ2) is 4.55. The molecule has 0 amide bonds. The van der Waals surface area contributed by atoms with Crippen LogP contribution in [0.1, 0.15) is 23.9 Å². The maximum Gasteiger partial charge on any atom is 0.180 e. The Labute approximate surface area is 106 Å². The molecule has 0 bridgehead atoms. The molecule has 0 radical (unpaired) electrons.